The standard InChI is InChI=1S/C16H13BrCl2N2/c1-10-2-4-12(19)9-15(10)21-14-5-3-11(17)8-13(14)20-16(21)6-7-18/h2-5,8-9H,6-7H2,1H3. The minimum Gasteiger partial charge on any atom is -0.296 e. The van der Waals surface area contributed by atoms with Gasteiger partial charge in [0.25, 0.3) is 0 Å². The van der Waals surface area contributed by atoms with Crippen molar-refractivity contribution in [3.63, 3.8) is 0 Å². The van der Waals surface area contributed by atoms with Crippen LogP contribution in [0.25, 0.3) is 16.7 Å². The fourth-order valence-electron chi connectivity index (χ4n) is 2.45. The number of imidazole rings is 1. The van der Waals surface area contributed by atoms with Crippen molar-refractivity contribution >= 4 is 50.2 Å². The first-order valence-corrected chi connectivity index (χ1v) is 8.30. The minimum absolute atomic E-state index is 0.532. The summed E-state index contributed by atoms with van der Waals surface area (Å²) in [6, 6.07) is 12.0. The van der Waals surface area contributed by atoms with E-state index in [1.54, 1.807) is 0 Å². The number of rotatable bonds is 3. The van der Waals surface area contributed by atoms with Crippen molar-refractivity contribution in [3.05, 3.63) is 57.3 Å². The summed E-state index contributed by atoms with van der Waals surface area (Å²) < 4.78 is 3.16. The average Bonchev–Trinajstić information content (AvgIpc) is 2.79. The number of hydrogen-bond acceptors (Lipinski definition) is 1. The van der Waals surface area contributed by atoms with Gasteiger partial charge in [-0.25, -0.2) is 4.98 Å². The van der Waals surface area contributed by atoms with Crippen molar-refractivity contribution in [3.8, 4) is 5.69 Å². The molecule has 5 heteroatoms. The van der Waals surface area contributed by atoms with E-state index in [4.69, 9.17) is 28.2 Å². The van der Waals surface area contributed by atoms with Crippen LogP contribution in [0.15, 0.2) is 40.9 Å². The number of alkyl halides is 1. The van der Waals surface area contributed by atoms with E-state index in [-0.39, 0.29) is 0 Å². The van der Waals surface area contributed by atoms with Gasteiger partial charge in [-0.05, 0) is 42.8 Å². The average molecular weight is 384 g/mol. The molecule has 0 saturated heterocycles. The van der Waals surface area contributed by atoms with Gasteiger partial charge in [-0.2, -0.15) is 0 Å². The minimum atomic E-state index is 0.532. The maximum absolute atomic E-state index is 6.17. The molecule has 0 bridgehead atoms. The molecule has 1 heterocycles. The summed E-state index contributed by atoms with van der Waals surface area (Å²) in [4.78, 5) is 4.72. The van der Waals surface area contributed by atoms with Crippen molar-refractivity contribution in [1.29, 1.82) is 0 Å². The predicted octanol–water partition coefficient (Wildman–Crippen LogP) is 5.53. The summed E-state index contributed by atoms with van der Waals surface area (Å²) in [6.45, 7) is 2.07. The molecule has 21 heavy (non-hydrogen) atoms. The van der Waals surface area contributed by atoms with E-state index in [1.165, 1.54) is 0 Å². The van der Waals surface area contributed by atoms with Crippen LogP contribution in [0.3, 0.4) is 0 Å². The lowest BCUT2D eigenvalue weighted by molar-refractivity contribution is 0.907. The molecule has 0 unspecified atom stereocenters. The Hall–Kier alpha value is -1.03. The molecule has 0 radical (unpaired) electrons. The Morgan fingerprint density at radius 3 is 2.76 bits per heavy atom. The molecule has 3 rings (SSSR count). The summed E-state index contributed by atoms with van der Waals surface area (Å²) >= 11 is 15.6. The molecule has 2 aromatic carbocycles. The molecule has 0 spiro atoms. The van der Waals surface area contributed by atoms with Gasteiger partial charge in [0, 0.05) is 21.8 Å². The maximum atomic E-state index is 6.17. The molecule has 0 saturated carbocycles. The number of fused-ring (bicyclic) bond motifs is 1. The number of aryl methyl sites for hydroxylation is 2. The molecule has 2 nitrogen and oxygen atoms in total. The second-order valence-corrected chi connectivity index (χ2v) is 6.60. The molecule has 108 valence electrons. The lowest BCUT2D eigenvalue weighted by atomic mass is 10.2. The summed E-state index contributed by atoms with van der Waals surface area (Å²) in [7, 11) is 0. The lowest BCUT2D eigenvalue weighted by Crippen LogP contribution is -2.04. The molecule has 1 aromatic heterocycles. The monoisotopic (exact) mass is 382 g/mol. The number of hydrogen-bond donors (Lipinski definition) is 0. The molecular weight excluding hydrogens is 371 g/mol. The molecule has 3 aromatic rings. The molecule has 0 aliphatic heterocycles. The van der Waals surface area contributed by atoms with Crippen LogP contribution in [0.2, 0.25) is 5.02 Å². The van der Waals surface area contributed by atoms with Crippen molar-refractivity contribution in [2.75, 3.05) is 5.88 Å². The van der Waals surface area contributed by atoms with Gasteiger partial charge in [-0.1, -0.05) is 33.6 Å². The van der Waals surface area contributed by atoms with Gasteiger partial charge >= 0.3 is 0 Å². The number of halogens is 3. The molecular formula is C16H13BrCl2N2. The Morgan fingerprint density at radius 1 is 1.19 bits per heavy atom. The van der Waals surface area contributed by atoms with E-state index < -0.39 is 0 Å². The zero-order valence-corrected chi connectivity index (χ0v) is 14.5. The first-order chi connectivity index (χ1) is 10.1. The molecule has 0 aliphatic rings. The topological polar surface area (TPSA) is 17.8 Å². The Labute approximate surface area is 141 Å². The number of nitrogens with zero attached hydrogens (tertiary/aromatic N) is 2. The molecule has 0 atom stereocenters. The molecule has 0 amide bonds. The van der Waals surface area contributed by atoms with Crippen molar-refractivity contribution in [2.45, 2.75) is 13.3 Å². The Morgan fingerprint density at radius 2 is 2.00 bits per heavy atom. The zero-order chi connectivity index (χ0) is 15.0. The van der Waals surface area contributed by atoms with Crippen molar-refractivity contribution < 1.29 is 0 Å². The summed E-state index contributed by atoms with van der Waals surface area (Å²) in [5.74, 6) is 1.48. The van der Waals surface area contributed by atoms with Crippen LogP contribution in [0.5, 0.6) is 0 Å². The Bertz CT molecular complexity index is 811. The fraction of sp³-hybridized carbons (Fsp3) is 0.188. The second-order valence-electron chi connectivity index (χ2n) is 4.87. The highest BCUT2D eigenvalue weighted by Crippen LogP contribution is 2.28. The third-order valence-electron chi connectivity index (χ3n) is 3.42. The van der Waals surface area contributed by atoms with Crippen LogP contribution in [0, 0.1) is 6.92 Å². The quantitative estimate of drug-likeness (QED) is 0.543. The van der Waals surface area contributed by atoms with E-state index >= 15 is 0 Å². The SMILES string of the molecule is Cc1ccc(Cl)cc1-n1c(CCCl)nc2cc(Br)ccc21. The molecule has 0 N–H and O–H groups in total. The third kappa shape index (κ3) is 2.83. The molecule has 0 aliphatic carbocycles. The first kappa shape index (κ1) is 14.9. The van der Waals surface area contributed by atoms with Crippen molar-refractivity contribution in [1.82, 2.24) is 9.55 Å². The number of benzene rings is 2. The number of aromatic nitrogens is 2. The highest BCUT2D eigenvalue weighted by molar-refractivity contribution is 9.10. The van der Waals surface area contributed by atoms with Gasteiger partial charge < -0.3 is 0 Å². The highest BCUT2D eigenvalue weighted by atomic mass is 79.9. The Balaban J connectivity index is 2.33. The first-order valence-electron chi connectivity index (χ1n) is 6.59. The van der Waals surface area contributed by atoms with E-state index in [1.807, 2.05) is 30.3 Å². The van der Waals surface area contributed by atoms with Gasteiger partial charge in [-0.15, -0.1) is 11.6 Å². The third-order valence-corrected chi connectivity index (χ3v) is 4.33. The molecule has 0 fully saturated rings. The van der Waals surface area contributed by atoms with Gasteiger partial charge in [-0.3, -0.25) is 4.57 Å². The highest BCUT2D eigenvalue weighted by Gasteiger charge is 2.14. The lowest BCUT2D eigenvalue weighted by Gasteiger charge is -2.12. The van der Waals surface area contributed by atoms with Crippen LogP contribution in [0.4, 0.5) is 0 Å². The van der Waals surface area contributed by atoms with Crippen LogP contribution < -0.4 is 0 Å². The maximum Gasteiger partial charge on any atom is 0.115 e. The largest absolute Gasteiger partial charge is 0.296 e. The van der Waals surface area contributed by atoms with Crippen LogP contribution >= 0.6 is 39.1 Å². The van der Waals surface area contributed by atoms with Crippen LogP contribution in [-0.4, -0.2) is 15.4 Å². The smallest absolute Gasteiger partial charge is 0.115 e. The van der Waals surface area contributed by atoms with Crippen LogP contribution in [-0.2, 0) is 6.42 Å². The normalized spacial score (nSPS) is 11.2. The zero-order valence-electron chi connectivity index (χ0n) is 11.4. The second kappa shape index (κ2) is 5.99. The predicted molar refractivity (Wildman–Crippen MR) is 92.9 cm³/mol. The van der Waals surface area contributed by atoms with Crippen LogP contribution in [0.1, 0.15) is 11.4 Å². The summed E-state index contributed by atoms with van der Waals surface area (Å²) in [5.41, 5.74) is 4.21. The van der Waals surface area contributed by atoms with Gasteiger partial charge in [0.15, 0.2) is 0 Å². The fourth-order valence-corrected chi connectivity index (χ4v) is 3.13. The van der Waals surface area contributed by atoms with Gasteiger partial charge in [0.05, 0.1) is 16.7 Å². The Kier molecular flexibility index (Phi) is 4.25. The summed E-state index contributed by atoms with van der Waals surface area (Å²) in [6.07, 6.45) is 0.708. The van der Waals surface area contributed by atoms with E-state index in [0.29, 0.717) is 17.3 Å². The van der Waals surface area contributed by atoms with Gasteiger partial charge in [0.1, 0.15) is 5.82 Å². The van der Waals surface area contributed by atoms with Gasteiger partial charge in [0.2, 0.25) is 0 Å². The van der Waals surface area contributed by atoms with E-state index in [2.05, 4.69) is 33.5 Å². The van der Waals surface area contributed by atoms with Crippen molar-refractivity contribution in [2.24, 2.45) is 0 Å². The van der Waals surface area contributed by atoms with E-state index in [0.717, 1.165) is 32.6 Å². The van der Waals surface area contributed by atoms with E-state index in [9.17, 15) is 0 Å². The summed E-state index contributed by atoms with van der Waals surface area (Å²) in [5, 5.41) is 0.714.